The highest BCUT2D eigenvalue weighted by molar-refractivity contribution is 6.30. The van der Waals surface area contributed by atoms with Gasteiger partial charge < -0.3 is 10.3 Å². The van der Waals surface area contributed by atoms with Crippen LogP contribution in [-0.4, -0.2) is 9.55 Å². The lowest BCUT2D eigenvalue weighted by Gasteiger charge is -2.16. The highest BCUT2D eigenvalue weighted by Gasteiger charge is 2.18. The number of imidazole rings is 1. The van der Waals surface area contributed by atoms with Crippen LogP contribution in [-0.2, 0) is 19.4 Å². The minimum absolute atomic E-state index is 0.686. The van der Waals surface area contributed by atoms with Crippen molar-refractivity contribution >= 4 is 17.3 Å². The molecule has 1 aliphatic carbocycles. The largest absolute Gasteiger partial charge is 0.398 e. The van der Waals surface area contributed by atoms with Gasteiger partial charge in [0.25, 0.3) is 0 Å². The first kappa shape index (κ1) is 12.5. The zero-order valence-electron chi connectivity index (χ0n) is 11.1. The quantitative estimate of drug-likeness (QED) is 0.854. The van der Waals surface area contributed by atoms with Gasteiger partial charge in [0.1, 0.15) is 5.82 Å². The van der Waals surface area contributed by atoms with Gasteiger partial charge in [-0.1, -0.05) is 17.7 Å². The van der Waals surface area contributed by atoms with Crippen LogP contribution in [0.5, 0.6) is 0 Å². The van der Waals surface area contributed by atoms with Crippen molar-refractivity contribution < 1.29 is 0 Å². The number of aromatic nitrogens is 2. The van der Waals surface area contributed by atoms with E-state index in [1.165, 1.54) is 24.2 Å². The van der Waals surface area contributed by atoms with Gasteiger partial charge >= 0.3 is 0 Å². The summed E-state index contributed by atoms with van der Waals surface area (Å²) >= 11 is 5.95. The maximum Gasteiger partial charge on any atom is 0.106 e. The van der Waals surface area contributed by atoms with Crippen LogP contribution in [0.4, 0.5) is 5.69 Å². The zero-order valence-corrected chi connectivity index (χ0v) is 11.9. The van der Waals surface area contributed by atoms with Gasteiger partial charge in [-0.05, 0) is 50.3 Å². The summed E-state index contributed by atoms with van der Waals surface area (Å²) in [6.45, 7) is 2.86. The molecule has 0 aliphatic heterocycles. The van der Waals surface area contributed by atoms with Gasteiger partial charge in [0.2, 0.25) is 0 Å². The van der Waals surface area contributed by atoms with Crippen molar-refractivity contribution in [2.75, 3.05) is 5.73 Å². The summed E-state index contributed by atoms with van der Waals surface area (Å²) < 4.78 is 2.30. The standard InChI is InChI=1S/C15H18ClN3/c1-10-18-14-4-2-3-5-15(14)19(10)9-11-6-7-12(16)8-13(11)17/h6-8H,2-5,9,17H2,1H3. The van der Waals surface area contributed by atoms with E-state index in [-0.39, 0.29) is 0 Å². The lowest BCUT2D eigenvalue weighted by Crippen LogP contribution is -2.11. The molecule has 1 aromatic carbocycles. The van der Waals surface area contributed by atoms with E-state index >= 15 is 0 Å². The summed E-state index contributed by atoms with van der Waals surface area (Å²) in [6.07, 6.45) is 4.75. The molecule has 19 heavy (non-hydrogen) atoms. The number of hydrogen-bond donors (Lipinski definition) is 1. The molecule has 0 unspecified atom stereocenters. The number of anilines is 1. The van der Waals surface area contributed by atoms with Crippen LogP contribution in [0.2, 0.25) is 5.02 Å². The number of aryl methyl sites for hydroxylation is 2. The molecule has 0 saturated carbocycles. The Labute approximate surface area is 118 Å². The summed E-state index contributed by atoms with van der Waals surface area (Å²) in [4.78, 5) is 4.69. The highest BCUT2D eigenvalue weighted by atomic mass is 35.5. The van der Waals surface area contributed by atoms with E-state index in [9.17, 15) is 0 Å². The van der Waals surface area contributed by atoms with Crippen molar-refractivity contribution in [3.05, 3.63) is 46.0 Å². The van der Waals surface area contributed by atoms with Gasteiger partial charge in [0.05, 0.1) is 12.2 Å². The lowest BCUT2D eigenvalue weighted by atomic mass is 10.0. The number of nitrogens with zero attached hydrogens (tertiary/aromatic N) is 2. The lowest BCUT2D eigenvalue weighted by molar-refractivity contribution is 0.625. The molecule has 0 spiro atoms. The Bertz CT molecular complexity index is 616. The fourth-order valence-electron chi connectivity index (χ4n) is 2.83. The van der Waals surface area contributed by atoms with Crippen LogP contribution in [0.1, 0.15) is 35.6 Å². The van der Waals surface area contributed by atoms with Crippen LogP contribution >= 0.6 is 11.6 Å². The van der Waals surface area contributed by atoms with Gasteiger partial charge in [-0.3, -0.25) is 0 Å². The van der Waals surface area contributed by atoms with Crippen molar-refractivity contribution in [1.82, 2.24) is 9.55 Å². The van der Waals surface area contributed by atoms with Crippen molar-refractivity contribution in [2.45, 2.75) is 39.2 Å². The molecule has 1 heterocycles. The van der Waals surface area contributed by atoms with Crippen LogP contribution < -0.4 is 5.73 Å². The van der Waals surface area contributed by atoms with E-state index in [0.717, 1.165) is 36.5 Å². The van der Waals surface area contributed by atoms with E-state index in [1.807, 2.05) is 18.2 Å². The molecule has 1 aromatic heterocycles. The zero-order chi connectivity index (χ0) is 13.4. The molecule has 0 radical (unpaired) electrons. The second-order valence-electron chi connectivity index (χ2n) is 5.19. The number of rotatable bonds is 2. The fraction of sp³-hybridized carbons (Fsp3) is 0.400. The van der Waals surface area contributed by atoms with Gasteiger partial charge in [-0.2, -0.15) is 0 Å². The summed E-state index contributed by atoms with van der Waals surface area (Å²) in [6, 6.07) is 5.72. The molecule has 2 N–H and O–H groups in total. The normalized spacial score (nSPS) is 14.4. The van der Waals surface area contributed by atoms with Crippen LogP contribution in [0.3, 0.4) is 0 Å². The Morgan fingerprint density at radius 1 is 1.32 bits per heavy atom. The SMILES string of the molecule is Cc1nc2c(n1Cc1ccc(Cl)cc1N)CCCC2. The van der Waals surface area contributed by atoms with Crippen LogP contribution in [0, 0.1) is 6.92 Å². The number of nitrogen functional groups attached to an aromatic ring is 1. The number of nitrogens with two attached hydrogens (primary N) is 1. The average molecular weight is 276 g/mol. The van der Waals surface area contributed by atoms with E-state index in [1.54, 1.807) is 0 Å². The summed E-state index contributed by atoms with van der Waals surface area (Å²) in [5, 5.41) is 0.686. The fourth-order valence-corrected chi connectivity index (χ4v) is 3.01. The summed E-state index contributed by atoms with van der Waals surface area (Å²) in [7, 11) is 0. The summed E-state index contributed by atoms with van der Waals surface area (Å²) in [5.74, 6) is 1.08. The number of halogens is 1. The third kappa shape index (κ3) is 2.35. The number of fused-ring (bicyclic) bond motifs is 1. The molecule has 1 aliphatic rings. The Hall–Kier alpha value is -1.48. The number of benzene rings is 1. The van der Waals surface area contributed by atoms with Crippen LogP contribution in [0.25, 0.3) is 0 Å². The summed E-state index contributed by atoms with van der Waals surface area (Å²) in [5.41, 5.74) is 10.6. The molecule has 4 heteroatoms. The Kier molecular flexibility index (Phi) is 3.23. The maximum absolute atomic E-state index is 6.05. The van der Waals surface area contributed by atoms with Crippen LogP contribution in [0.15, 0.2) is 18.2 Å². The molecule has 3 nitrogen and oxygen atoms in total. The maximum atomic E-state index is 6.05. The van der Waals surface area contributed by atoms with Gasteiger partial charge in [0, 0.05) is 16.4 Å². The molecular formula is C15H18ClN3. The second kappa shape index (κ2) is 4.89. The third-order valence-corrected chi connectivity index (χ3v) is 4.09. The molecule has 2 aromatic rings. The van der Waals surface area contributed by atoms with E-state index in [2.05, 4.69) is 11.5 Å². The van der Waals surface area contributed by atoms with E-state index in [0.29, 0.717) is 5.02 Å². The van der Waals surface area contributed by atoms with Gasteiger partial charge in [-0.25, -0.2) is 4.98 Å². The highest BCUT2D eigenvalue weighted by Crippen LogP contribution is 2.25. The monoisotopic (exact) mass is 275 g/mol. The Balaban J connectivity index is 1.97. The topological polar surface area (TPSA) is 43.8 Å². The molecule has 3 rings (SSSR count). The minimum atomic E-state index is 0.686. The predicted molar refractivity (Wildman–Crippen MR) is 78.6 cm³/mol. The van der Waals surface area contributed by atoms with Crippen molar-refractivity contribution in [3.8, 4) is 0 Å². The molecular weight excluding hydrogens is 258 g/mol. The Morgan fingerprint density at radius 3 is 2.89 bits per heavy atom. The molecule has 0 amide bonds. The first-order valence-electron chi connectivity index (χ1n) is 6.74. The second-order valence-corrected chi connectivity index (χ2v) is 5.63. The van der Waals surface area contributed by atoms with Crippen molar-refractivity contribution in [3.63, 3.8) is 0 Å². The molecule has 0 atom stereocenters. The first-order valence-corrected chi connectivity index (χ1v) is 7.11. The number of hydrogen-bond acceptors (Lipinski definition) is 2. The molecule has 0 bridgehead atoms. The van der Waals surface area contributed by atoms with E-state index < -0.39 is 0 Å². The smallest absolute Gasteiger partial charge is 0.106 e. The molecule has 0 saturated heterocycles. The van der Waals surface area contributed by atoms with Crippen molar-refractivity contribution in [2.24, 2.45) is 0 Å². The molecule has 100 valence electrons. The van der Waals surface area contributed by atoms with Crippen molar-refractivity contribution in [1.29, 1.82) is 0 Å². The first-order chi connectivity index (χ1) is 9.15. The Morgan fingerprint density at radius 2 is 2.11 bits per heavy atom. The average Bonchev–Trinajstić information content (AvgIpc) is 2.69. The van der Waals surface area contributed by atoms with E-state index in [4.69, 9.17) is 22.3 Å². The van der Waals surface area contributed by atoms with Gasteiger partial charge in [-0.15, -0.1) is 0 Å². The predicted octanol–water partition coefficient (Wildman–Crippen LogP) is 3.35. The molecule has 0 fully saturated rings. The third-order valence-electron chi connectivity index (χ3n) is 3.86. The van der Waals surface area contributed by atoms with Gasteiger partial charge in [0.15, 0.2) is 0 Å². The minimum Gasteiger partial charge on any atom is -0.398 e.